The lowest BCUT2D eigenvalue weighted by Gasteiger charge is -2.19. The van der Waals surface area contributed by atoms with Crippen molar-refractivity contribution in [2.75, 3.05) is 39.2 Å². The van der Waals surface area contributed by atoms with Gasteiger partial charge in [-0.05, 0) is 41.7 Å². The normalized spacial score (nSPS) is 18.9. The maximum Gasteiger partial charge on any atom is 0.407 e. The van der Waals surface area contributed by atoms with Crippen LogP contribution in [0.2, 0.25) is 0 Å². The van der Waals surface area contributed by atoms with E-state index in [4.69, 9.17) is 14.2 Å². The molecule has 16 heteroatoms. The van der Waals surface area contributed by atoms with E-state index in [0.717, 1.165) is 34.1 Å². The number of nitro groups is 1. The summed E-state index contributed by atoms with van der Waals surface area (Å²) in [6, 6.07) is 17.6. The second kappa shape index (κ2) is 16.2. The molecule has 6 rings (SSSR count). The van der Waals surface area contributed by atoms with Crippen molar-refractivity contribution >= 4 is 41.4 Å². The number of rotatable bonds is 15. The number of methoxy groups -OCH3 is 1. The van der Waals surface area contributed by atoms with Crippen molar-refractivity contribution in [2.45, 2.75) is 49.1 Å². The molecule has 52 heavy (non-hydrogen) atoms. The summed E-state index contributed by atoms with van der Waals surface area (Å²) < 4.78 is 16.6. The number of amides is 5. The van der Waals surface area contributed by atoms with E-state index in [2.05, 4.69) is 26.6 Å². The summed E-state index contributed by atoms with van der Waals surface area (Å²) in [5, 5.41) is 26.1. The third kappa shape index (κ3) is 8.17. The van der Waals surface area contributed by atoms with E-state index >= 15 is 0 Å². The Morgan fingerprint density at radius 1 is 0.981 bits per heavy atom. The number of nitrogens with one attached hydrogen (secondary N) is 5. The topological polar surface area (TPSA) is 199 Å². The van der Waals surface area contributed by atoms with Gasteiger partial charge in [-0.3, -0.25) is 19.7 Å². The molecule has 3 aromatic carbocycles. The van der Waals surface area contributed by atoms with Crippen molar-refractivity contribution in [3.05, 3.63) is 87.5 Å². The molecule has 1 aliphatic carbocycles. The molecule has 2 aliphatic heterocycles. The van der Waals surface area contributed by atoms with Crippen molar-refractivity contribution in [3.63, 3.8) is 0 Å². The minimum absolute atomic E-state index is 0.0233. The van der Waals surface area contributed by atoms with Crippen LogP contribution in [-0.4, -0.2) is 85.4 Å². The van der Waals surface area contributed by atoms with Crippen LogP contribution in [0.3, 0.4) is 0 Å². The highest BCUT2D eigenvalue weighted by Gasteiger charge is 2.42. The molecule has 5 N–H and O–H groups in total. The summed E-state index contributed by atoms with van der Waals surface area (Å²) in [5.41, 5.74) is 4.11. The van der Waals surface area contributed by atoms with Gasteiger partial charge in [-0.15, -0.1) is 0 Å². The van der Waals surface area contributed by atoms with Crippen molar-refractivity contribution in [3.8, 4) is 22.6 Å². The Morgan fingerprint density at radius 2 is 1.65 bits per heavy atom. The van der Waals surface area contributed by atoms with E-state index in [-0.39, 0.29) is 77.6 Å². The second-order valence-electron chi connectivity index (χ2n) is 12.7. The molecule has 0 spiro atoms. The highest BCUT2D eigenvalue weighted by Crippen LogP contribution is 2.44. The average molecular weight is 733 g/mol. The first kappa shape index (κ1) is 36.3. The Bertz CT molecular complexity index is 1810. The average Bonchev–Trinajstić information content (AvgIpc) is 3.80. The molecule has 0 aromatic heterocycles. The summed E-state index contributed by atoms with van der Waals surface area (Å²) in [7, 11) is 1.36. The molecule has 0 radical (unpaired) electrons. The number of carbonyl (C=O) groups excluding carboxylic acids is 4. The Balaban J connectivity index is 0.964. The molecule has 2 heterocycles. The van der Waals surface area contributed by atoms with E-state index in [9.17, 15) is 29.3 Å². The molecule has 2 saturated heterocycles. The van der Waals surface area contributed by atoms with Gasteiger partial charge in [-0.2, -0.15) is 11.8 Å². The van der Waals surface area contributed by atoms with Crippen LogP contribution in [0.25, 0.3) is 11.1 Å². The van der Waals surface area contributed by atoms with Gasteiger partial charge < -0.3 is 40.8 Å². The van der Waals surface area contributed by atoms with E-state index in [1.54, 1.807) is 18.7 Å². The van der Waals surface area contributed by atoms with E-state index in [0.29, 0.717) is 12.8 Å². The largest absolute Gasteiger partial charge is 0.493 e. The summed E-state index contributed by atoms with van der Waals surface area (Å²) in [5.74, 6) is 0.0913. The van der Waals surface area contributed by atoms with Crippen LogP contribution in [0.5, 0.6) is 11.5 Å². The smallest absolute Gasteiger partial charge is 0.407 e. The number of nitrogens with zero attached hydrogens (tertiary/aromatic N) is 1. The van der Waals surface area contributed by atoms with Crippen LogP contribution in [0.1, 0.15) is 48.4 Å². The van der Waals surface area contributed by atoms with Crippen LogP contribution in [-0.2, 0) is 14.3 Å². The molecule has 3 aromatic rings. The number of thioether (sulfide) groups is 1. The fourth-order valence-electron chi connectivity index (χ4n) is 6.84. The zero-order chi connectivity index (χ0) is 36.8. The van der Waals surface area contributed by atoms with Gasteiger partial charge in [-0.25, -0.2) is 9.59 Å². The summed E-state index contributed by atoms with van der Waals surface area (Å²) in [6.07, 6.45) is 0.178. The number of benzene rings is 3. The first-order chi connectivity index (χ1) is 25.1. The lowest BCUT2D eigenvalue weighted by atomic mass is 9.98. The number of ether oxygens (including phenoxy) is 3. The zero-order valence-corrected chi connectivity index (χ0v) is 29.5. The van der Waals surface area contributed by atoms with E-state index < -0.39 is 29.6 Å². The van der Waals surface area contributed by atoms with Crippen molar-refractivity contribution < 1.29 is 38.3 Å². The molecular formula is C36H40N6O9S. The SMILES string of the molecule is COc1cc(C(C)NC(=O)OCC2c3ccccc3-c3ccccc32)c([N+](=O)[O-])cc1OCC(=O)NCCNC(=O)CCC1SCC2NC(=O)NC21. The van der Waals surface area contributed by atoms with E-state index in [1.807, 2.05) is 48.5 Å². The van der Waals surface area contributed by atoms with Gasteiger partial charge in [0.1, 0.15) is 6.61 Å². The lowest BCUT2D eigenvalue weighted by Crippen LogP contribution is -2.38. The molecule has 15 nitrogen and oxygen atoms in total. The molecule has 3 aliphatic rings. The molecule has 0 saturated carbocycles. The van der Waals surface area contributed by atoms with Crippen LogP contribution in [0, 0.1) is 10.1 Å². The minimum Gasteiger partial charge on any atom is -0.493 e. The van der Waals surface area contributed by atoms with Crippen molar-refractivity contribution in [1.29, 1.82) is 0 Å². The lowest BCUT2D eigenvalue weighted by molar-refractivity contribution is -0.385. The van der Waals surface area contributed by atoms with Gasteiger partial charge in [0, 0.05) is 36.4 Å². The molecule has 2 fully saturated rings. The predicted molar refractivity (Wildman–Crippen MR) is 193 cm³/mol. The van der Waals surface area contributed by atoms with Gasteiger partial charge in [-0.1, -0.05) is 48.5 Å². The molecule has 4 unspecified atom stereocenters. The Hall–Kier alpha value is -5.51. The van der Waals surface area contributed by atoms with Gasteiger partial charge >= 0.3 is 12.1 Å². The van der Waals surface area contributed by atoms with Gasteiger partial charge in [0.05, 0.1) is 41.8 Å². The third-order valence-corrected chi connectivity index (χ3v) is 10.9. The second-order valence-corrected chi connectivity index (χ2v) is 13.9. The Morgan fingerprint density at radius 3 is 2.33 bits per heavy atom. The number of nitro benzene ring substituents is 1. The minimum atomic E-state index is -0.841. The Labute approximate surface area is 304 Å². The molecule has 4 atom stereocenters. The van der Waals surface area contributed by atoms with Crippen LogP contribution in [0.15, 0.2) is 60.7 Å². The predicted octanol–water partition coefficient (Wildman–Crippen LogP) is 3.76. The number of fused-ring (bicyclic) bond motifs is 4. The number of alkyl carbamates (subject to hydrolysis) is 1. The van der Waals surface area contributed by atoms with Gasteiger partial charge in [0.25, 0.3) is 11.6 Å². The number of hydrogen-bond acceptors (Lipinski definition) is 10. The third-order valence-electron chi connectivity index (χ3n) is 9.38. The molecule has 0 bridgehead atoms. The van der Waals surface area contributed by atoms with Crippen LogP contribution >= 0.6 is 11.8 Å². The highest BCUT2D eigenvalue weighted by atomic mass is 32.2. The first-order valence-electron chi connectivity index (χ1n) is 17.0. The van der Waals surface area contributed by atoms with Gasteiger partial charge in [0.2, 0.25) is 5.91 Å². The standard InChI is InChI=1S/C36H40N6O9S/c1-20(39-36(46)51-17-26-23-9-5-3-7-21(23)22-8-4-6-10-24(22)26)25-15-29(49-2)30(16-28(25)42(47)48)50-18-33(44)38-14-13-37-32(43)12-11-31-34-27(19-52-31)40-35(45)41-34/h3-10,15-16,20,26-27,31,34H,11-14,17-19H2,1-2H3,(H,37,43)(H,38,44)(H,39,46)(H2,40,41,45). The summed E-state index contributed by atoms with van der Waals surface area (Å²) >= 11 is 1.73. The monoisotopic (exact) mass is 732 g/mol. The first-order valence-corrected chi connectivity index (χ1v) is 18.0. The highest BCUT2D eigenvalue weighted by molar-refractivity contribution is 8.00. The van der Waals surface area contributed by atoms with Crippen molar-refractivity contribution in [2.24, 2.45) is 0 Å². The fraction of sp³-hybridized carbons (Fsp3) is 0.389. The maximum atomic E-state index is 12.9. The quantitative estimate of drug-likeness (QED) is 0.0664. The summed E-state index contributed by atoms with van der Waals surface area (Å²) in [6.45, 7) is 1.55. The molecule has 274 valence electrons. The van der Waals surface area contributed by atoms with Crippen LogP contribution in [0.4, 0.5) is 15.3 Å². The van der Waals surface area contributed by atoms with Crippen LogP contribution < -0.4 is 36.1 Å². The Kier molecular flexibility index (Phi) is 11.3. The zero-order valence-electron chi connectivity index (χ0n) is 28.6. The number of urea groups is 1. The maximum absolute atomic E-state index is 12.9. The molecular weight excluding hydrogens is 692 g/mol. The number of hydrogen-bond donors (Lipinski definition) is 5. The number of carbonyl (C=O) groups is 4. The van der Waals surface area contributed by atoms with E-state index in [1.165, 1.54) is 13.2 Å². The summed E-state index contributed by atoms with van der Waals surface area (Å²) in [4.78, 5) is 60.7. The van der Waals surface area contributed by atoms with Gasteiger partial charge in [0.15, 0.2) is 18.1 Å². The van der Waals surface area contributed by atoms with Crippen molar-refractivity contribution in [1.82, 2.24) is 26.6 Å². The molecule has 5 amide bonds. The fourth-order valence-corrected chi connectivity index (χ4v) is 8.33.